The predicted octanol–water partition coefficient (Wildman–Crippen LogP) is 2.76. The predicted molar refractivity (Wildman–Crippen MR) is 95.7 cm³/mol. The fraction of sp³-hybridized carbons (Fsp3) is 0.316. The first kappa shape index (κ1) is 17.7. The number of amides is 1. The van der Waals surface area contributed by atoms with E-state index in [1.165, 1.54) is 5.56 Å². The first-order valence-corrected chi connectivity index (χ1v) is 7.95. The number of ether oxygens (including phenoxy) is 2. The van der Waals surface area contributed by atoms with Gasteiger partial charge in [0, 0.05) is 18.7 Å². The molecular weight excluding hydrogens is 304 g/mol. The lowest BCUT2D eigenvalue weighted by atomic mass is 10.2. The lowest BCUT2D eigenvalue weighted by Crippen LogP contribution is -2.31. The van der Waals surface area contributed by atoms with E-state index in [0.717, 1.165) is 17.2 Å². The lowest BCUT2D eigenvalue weighted by Gasteiger charge is -2.24. The molecule has 5 heteroatoms. The number of nitrogens with two attached hydrogens (primary N) is 1. The van der Waals surface area contributed by atoms with Crippen LogP contribution in [0.15, 0.2) is 48.5 Å². The molecule has 0 radical (unpaired) electrons. The number of carbonyl (C=O) groups excluding carboxylic acids is 1. The van der Waals surface area contributed by atoms with Crippen molar-refractivity contribution >= 4 is 11.6 Å². The quantitative estimate of drug-likeness (QED) is 0.769. The van der Waals surface area contributed by atoms with Crippen molar-refractivity contribution in [2.45, 2.75) is 13.3 Å². The molecule has 2 N–H and O–H groups in total. The first-order valence-electron chi connectivity index (χ1n) is 7.95. The molecule has 2 aromatic carbocycles. The zero-order chi connectivity index (χ0) is 17.4. The molecule has 0 saturated carbocycles. The largest absolute Gasteiger partial charge is 0.497 e. The summed E-state index contributed by atoms with van der Waals surface area (Å²) in [6, 6.07) is 15.7. The Morgan fingerprint density at radius 1 is 1.00 bits per heavy atom. The molecule has 0 atom stereocenters. The molecule has 2 aromatic rings. The molecule has 0 unspecified atom stereocenters. The lowest BCUT2D eigenvalue weighted by molar-refractivity contribution is -0.117. The summed E-state index contributed by atoms with van der Waals surface area (Å²) in [5.41, 5.74) is 7.48. The number of aryl methyl sites for hydroxylation is 1. The molecule has 0 saturated heterocycles. The third-order valence-electron chi connectivity index (χ3n) is 3.72. The molecule has 0 heterocycles. The molecule has 1 amide bonds. The highest BCUT2D eigenvalue weighted by atomic mass is 16.5. The number of nitrogens with zero attached hydrogens (tertiary/aromatic N) is 1. The Kier molecular flexibility index (Phi) is 6.49. The minimum absolute atomic E-state index is 0.302. The van der Waals surface area contributed by atoms with E-state index >= 15 is 0 Å². The van der Waals surface area contributed by atoms with Crippen molar-refractivity contribution in [3.63, 3.8) is 0 Å². The van der Waals surface area contributed by atoms with Crippen molar-refractivity contribution in [2.75, 3.05) is 31.7 Å². The summed E-state index contributed by atoms with van der Waals surface area (Å²) >= 11 is 0. The number of rotatable bonds is 9. The number of benzene rings is 2. The third kappa shape index (κ3) is 5.50. The van der Waals surface area contributed by atoms with Gasteiger partial charge in [-0.1, -0.05) is 17.7 Å². The van der Waals surface area contributed by atoms with Gasteiger partial charge in [0.05, 0.1) is 13.7 Å². The fourth-order valence-electron chi connectivity index (χ4n) is 2.32. The first-order chi connectivity index (χ1) is 11.6. The normalized spacial score (nSPS) is 10.2. The van der Waals surface area contributed by atoms with Gasteiger partial charge < -0.3 is 20.1 Å². The van der Waals surface area contributed by atoms with Crippen LogP contribution in [0.3, 0.4) is 0 Å². The summed E-state index contributed by atoms with van der Waals surface area (Å²) in [5, 5.41) is 0. The third-order valence-corrected chi connectivity index (χ3v) is 3.72. The fourth-order valence-corrected chi connectivity index (χ4v) is 2.32. The van der Waals surface area contributed by atoms with Gasteiger partial charge in [-0.3, -0.25) is 4.79 Å². The summed E-state index contributed by atoms with van der Waals surface area (Å²) in [6.07, 6.45) is 0.302. The zero-order valence-electron chi connectivity index (χ0n) is 14.2. The monoisotopic (exact) mass is 328 g/mol. The summed E-state index contributed by atoms with van der Waals surface area (Å²) < 4.78 is 11.0. The van der Waals surface area contributed by atoms with Gasteiger partial charge in [-0.2, -0.15) is 0 Å². The van der Waals surface area contributed by atoms with Gasteiger partial charge in [0.1, 0.15) is 18.1 Å². The number of carbonyl (C=O) groups is 1. The van der Waals surface area contributed by atoms with Crippen LogP contribution in [0.5, 0.6) is 11.5 Å². The van der Waals surface area contributed by atoms with E-state index in [1.807, 2.05) is 55.5 Å². The smallest absolute Gasteiger partial charge is 0.219 e. The standard InChI is InChI=1S/C19H24N2O3/c1-15-3-7-18(8-4-15)24-14-13-21(12-11-19(20)22)16-5-9-17(23-2)10-6-16/h3-10H,11-14H2,1-2H3,(H2,20,22). The maximum absolute atomic E-state index is 11.1. The second-order valence-corrected chi connectivity index (χ2v) is 5.56. The van der Waals surface area contributed by atoms with E-state index in [1.54, 1.807) is 7.11 Å². The highest BCUT2D eigenvalue weighted by Gasteiger charge is 2.09. The highest BCUT2D eigenvalue weighted by Crippen LogP contribution is 2.19. The van der Waals surface area contributed by atoms with Crippen LogP contribution in [-0.2, 0) is 4.79 Å². The molecule has 0 spiro atoms. The molecule has 2 rings (SSSR count). The van der Waals surface area contributed by atoms with Gasteiger partial charge in [0.15, 0.2) is 0 Å². The molecule has 5 nitrogen and oxygen atoms in total. The number of methoxy groups -OCH3 is 1. The molecule has 0 aliphatic heterocycles. The maximum atomic E-state index is 11.1. The second kappa shape index (κ2) is 8.82. The minimum atomic E-state index is -0.312. The van der Waals surface area contributed by atoms with Crippen molar-refractivity contribution in [3.8, 4) is 11.5 Å². The zero-order valence-corrected chi connectivity index (χ0v) is 14.2. The van der Waals surface area contributed by atoms with Crippen LogP contribution in [0, 0.1) is 6.92 Å². The van der Waals surface area contributed by atoms with Gasteiger partial charge in [0.25, 0.3) is 0 Å². The van der Waals surface area contributed by atoms with Crippen molar-refractivity contribution in [3.05, 3.63) is 54.1 Å². The molecule has 0 aromatic heterocycles. The van der Waals surface area contributed by atoms with Crippen molar-refractivity contribution in [2.24, 2.45) is 5.73 Å². The maximum Gasteiger partial charge on any atom is 0.219 e. The average Bonchev–Trinajstić information content (AvgIpc) is 2.59. The Hall–Kier alpha value is -2.69. The van der Waals surface area contributed by atoms with Crippen molar-refractivity contribution < 1.29 is 14.3 Å². The van der Waals surface area contributed by atoms with Crippen molar-refractivity contribution in [1.82, 2.24) is 0 Å². The van der Waals surface area contributed by atoms with E-state index in [9.17, 15) is 4.79 Å². The van der Waals surface area contributed by atoms with Crippen LogP contribution < -0.4 is 20.1 Å². The van der Waals surface area contributed by atoms with Gasteiger partial charge in [-0.25, -0.2) is 0 Å². The van der Waals surface area contributed by atoms with Gasteiger partial charge >= 0.3 is 0 Å². The summed E-state index contributed by atoms with van der Waals surface area (Å²) in [6.45, 7) is 3.78. The summed E-state index contributed by atoms with van der Waals surface area (Å²) in [5.74, 6) is 1.32. The molecular formula is C19H24N2O3. The Balaban J connectivity index is 1.96. The Morgan fingerprint density at radius 2 is 1.62 bits per heavy atom. The van der Waals surface area contributed by atoms with Crippen LogP contribution in [0.25, 0.3) is 0 Å². The topological polar surface area (TPSA) is 64.8 Å². The highest BCUT2D eigenvalue weighted by molar-refractivity contribution is 5.74. The Morgan fingerprint density at radius 3 is 2.21 bits per heavy atom. The molecule has 128 valence electrons. The van der Waals surface area contributed by atoms with E-state index in [-0.39, 0.29) is 5.91 Å². The number of hydrogen-bond donors (Lipinski definition) is 1. The summed E-state index contributed by atoms with van der Waals surface area (Å²) in [7, 11) is 1.63. The Bertz CT molecular complexity index is 639. The molecule has 0 aliphatic carbocycles. The van der Waals surface area contributed by atoms with Crippen LogP contribution in [0.1, 0.15) is 12.0 Å². The van der Waals surface area contributed by atoms with Gasteiger partial charge in [-0.05, 0) is 43.3 Å². The van der Waals surface area contributed by atoms with Crippen LogP contribution in [0.2, 0.25) is 0 Å². The minimum Gasteiger partial charge on any atom is -0.497 e. The van der Waals surface area contributed by atoms with Gasteiger partial charge in [-0.15, -0.1) is 0 Å². The molecule has 0 fully saturated rings. The number of hydrogen-bond acceptors (Lipinski definition) is 4. The van der Waals surface area contributed by atoms with Crippen LogP contribution in [-0.4, -0.2) is 32.7 Å². The second-order valence-electron chi connectivity index (χ2n) is 5.56. The number of primary amides is 1. The van der Waals surface area contributed by atoms with Gasteiger partial charge in [0.2, 0.25) is 5.91 Å². The SMILES string of the molecule is COc1ccc(N(CCOc2ccc(C)cc2)CCC(N)=O)cc1. The molecule has 0 bridgehead atoms. The molecule has 24 heavy (non-hydrogen) atoms. The Labute approximate surface area is 143 Å². The molecule has 0 aliphatic rings. The van der Waals surface area contributed by atoms with E-state index in [0.29, 0.717) is 26.1 Å². The summed E-state index contributed by atoms with van der Waals surface area (Å²) in [4.78, 5) is 13.2. The van der Waals surface area contributed by atoms with Crippen LogP contribution >= 0.6 is 0 Å². The van der Waals surface area contributed by atoms with E-state index < -0.39 is 0 Å². The van der Waals surface area contributed by atoms with E-state index in [2.05, 4.69) is 4.90 Å². The van der Waals surface area contributed by atoms with E-state index in [4.69, 9.17) is 15.2 Å². The van der Waals surface area contributed by atoms with Crippen LogP contribution in [0.4, 0.5) is 5.69 Å². The average molecular weight is 328 g/mol. The number of anilines is 1. The van der Waals surface area contributed by atoms with Crippen molar-refractivity contribution in [1.29, 1.82) is 0 Å².